The van der Waals surface area contributed by atoms with Gasteiger partial charge in [-0.15, -0.1) is 0 Å². The van der Waals surface area contributed by atoms with E-state index >= 15 is 0 Å². The molecular weight excluding hydrogens is 285 g/mol. The number of aliphatic hydroxyl groups excluding tert-OH is 1. The highest BCUT2D eigenvalue weighted by atomic mass is 19.4. The van der Waals surface area contributed by atoms with E-state index in [1.807, 2.05) is 0 Å². The summed E-state index contributed by atoms with van der Waals surface area (Å²) in [5.74, 6) is -2.27. The minimum Gasteiger partial charge on any atom is -0.463 e. The Balaban J connectivity index is 3.02. The van der Waals surface area contributed by atoms with Gasteiger partial charge in [0, 0.05) is 17.6 Å². The number of alkyl halides is 3. The summed E-state index contributed by atoms with van der Waals surface area (Å²) in [6, 6.07) is 8.48. The summed E-state index contributed by atoms with van der Waals surface area (Å²) in [6.45, 7) is 0.787. The maximum atomic E-state index is 13.1. The standard InChI is InChI=1S/C15H17F3O3/c1-2-21-14(20)9-13(15(16,17)18)12(10-19)8-11-6-4-3-5-7-11/h3-7,9,12,19H,2,8,10H2,1H3/b13-9-/t12-/m0/s1. The summed E-state index contributed by atoms with van der Waals surface area (Å²) >= 11 is 0. The SMILES string of the molecule is CCOC(=O)/C=C(/[C@H](CO)Cc1ccccc1)C(F)(F)F. The highest BCUT2D eigenvalue weighted by Gasteiger charge is 2.39. The number of rotatable bonds is 6. The molecule has 0 bridgehead atoms. The Morgan fingerprint density at radius 3 is 2.43 bits per heavy atom. The summed E-state index contributed by atoms with van der Waals surface area (Å²) in [5, 5.41) is 9.27. The zero-order valence-corrected chi connectivity index (χ0v) is 11.6. The molecule has 0 amide bonds. The quantitative estimate of drug-likeness (QED) is 0.649. The molecule has 3 nitrogen and oxygen atoms in total. The topological polar surface area (TPSA) is 46.5 Å². The van der Waals surface area contributed by atoms with Crippen molar-refractivity contribution in [3.8, 4) is 0 Å². The number of aliphatic hydroxyl groups is 1. The first-order chi connectivity index (χ1) is 9.88. The zero-order chi connectivity index (χ0) is 15.9. The van der Waals surface area contributed by atoms with Gasteiger partial charge in [-0.25, -0.2) is 4.79 Å². The minimum atomic E-state index is -4.70. The van der Waals surface area contributed by atoms with Gasteiger partial charge in [-0.05, 0) is 18.9 Å². The van der Waals surface area contributed by atoms with Crippen LogP contribution < -0.4 is 0 Å². The first kappa shape index (κ1) is 17.2. The van der Waals surface area contributed by atoms with E-state index in [1.54, 1.807) is 30.3 Å². The molecule has 0 unspecified atom stereocenters. The molecule has 1 atom stereocenters. The molecule has 0 aliphatic rings. The fraction of sp³-hybridized carbons (Fsp3) is 0.400. The molecule has 0 spiro atoms. The molecule has 6 heteroatoms. The predicted molar refractivity (Wildman–Crippen MR) is 71.5 cm³/mol. The van der Waals surface area contributed by atoms with E-state index in [2.05, 4.69) is 4.74 Å². The Labute approximate surface area is 121 Å². The Morgan fingerprint density at radius 1 is 1.33 bits per heavy atom. The van der Waals surface area contributed by atoms with E-state index in [9.17, 15) is 23.1 Å². The average molecular weight is 302 g/mol. The lowest BCUT2D eigenvalue weighted by Gasteiger charge is -2.20. The fourth-order valence-corrected chi connectivity index (χ4v) is 1.91. The molecule has 21 heavy (non-hydrogen) atoms. The molecule has 0 aliphatic heterocycles. The summed E-state index contributed by atoms with van der Waals surface area (Å²) in [6.07, 6.45) is -4.29. The van der Waals surface area contributed by atoms with Crippen molar-refractivity contribution in [3.05, 3.63) is 47.5 Å². The number of esters is 1. The van der Waals surface area contributed by atoms with Crippen LogP contribution in [-0.4, -0.2) is 30.5 Å². The summed E-state index contributed by atoms with van der Waals surface area (Å²) in [4.78, 5) is 11.3. The van der Waals surface area contributed by atoms with Crippen LogP contribution >= 0.6 is 0 Å². The van der Waals surface area contributed by atoms with Crippen molar-refractivity contribution in [1.82, 2.24) is 0 Å². The number of carbonyl (C=O) groups excluding carboxylic acids is 1. The van der Waals surface area contributed by atoms with E-state index in [4.69, 9.17) is 0 Å². The molecule has 0 fully saturated rings. The normalized spacial score (nSPS) is 13.9. The number of carbonyl (C=O) groups is 1. The van der Waals surface area contributed by atoms with Gasteiger partial charge >= 0.3 is 12.1 Å². The lowest BCUT2D eigenvalue weighted by Crippen LogP contribution is -2.25. The van der Waals surface area contributed by atoms with E-state index < -0.39 is 30.2 Å². The lowest BCUT2D eigenvalue weighted by molar-refractivity contribution is -0.138. The van der Waals surface area contributed by atoms with Gasteiger partial charge in [-0.1, -0.05) is 30.3 Å². The molecule has 0 aromatic heterocycles. The molecule has 116 valence electrons. The summed E-state index contributed by atoms with van der Waals surface area (Å²) in [7, 11) is 0. The van der Waals surface area contributed by atoms with Crippen molar-refractivity contribution in [2.24, 2.45) is 5.92 Å². The third-order valence-electron chi connectivity index (χ3n) is 2.87. The highest BCUT2D eigenvalue weighted by molar-refractivity contribution is 5.83. The Kier molecular flexibility index (Phi) is 6.42. The maximum absolute atomic E-state index is 13.1. The van der Waals surface area contributed by atoms with Crippen molar-refractivity contribution >= 4 is 5.97 Å². The van der Waals surface area contributed by atoms with Crippen molar-refractivity contribution in [2.45, 2.75) is 19.5 Å². The highest BCUT2D eigenvalue weighted by Crippen LogP contribution is 2.33. The Bertz CT molecular complexity index is 481. The molecule has 1 N–H and O–H groups in total. The van der Waals surface area contributed by atoms with Crippen molar-refractivity contribution in [2.75, 3.05) is 13.2 Å². The lowest BCUT2D eigenvalue weighted by atomic mass is 9.91. The minimum absolute atomic E-state index is 0.0110. The van der Waals surface area contributed by atoms with Crippen LogP contribution in [0.15, 0.2) is 42.0 Å². The summed E-state index contributed by atoms with van der Waals surface area (Å²) < 4.78 is 43.7. The van der Waals surface area contributed by atoms with E-state index in [-0.39, 0.29) is 13.0 Å². The second-order valence-electron chi connectivity index (χ2n) is 4.42. The van der Waals surface area contributed by atoms with Crippen LogP contribution in [0.3, 0.4) is 0 Å². The molecule has 0 heterocycles. The fourth-order valence-electron chi connectivity index (χ4n) is 1.91. The third-order valence-corrected chi connectivity index (χ3v) is 2.87. The van der Waals surface area contributed by atoms with Crippen LogP contribution in [-0.2, 0) is 16.0 Å². The summed E-state index contributed by atoms with van der Waals surface area (Å²) in [5.41, 5.74) is -0.428. The number of ether oxygens (including phenoxy) is 1. The molecule has 1 rings (SSSR count). The Morgan fingerprint density at radius 2 is 1.95 bits per heavy atom. The molecule has 1 aromatic rings. The van der Waals surface area contributed by atoms with E-state index in [0.29, 0.717) is 11.6 Å². The zero-order valence-electron chi connectivity index (χ0n) is 11.6. The van der Waals surface area contributed by atoms with Crippen molar-refractivity contribution in [3.63, 3.8) is 0 Å². The van der Waals surface area contributed by atoms with Gasteiger partial charge in [-0.3, -0.25) is 0 Å². The van der Waals surface area contributed by atoms with Crippen molar-refractivity contribution in [1.29, 1.82) is 0 Å². The van der Waals surface area contributed by atoms with E-state index in [0.717, 1.165) is 0 Å². The molecule has 1 aromatic carbocycles. The number of hydrogen-bond donors (Lipinski definition) is 1. The second kappa shape index (κ2) is 7.83. The molecular formula is C15H17F3O3. The number of hydrogen-bond acceptors (Lipinski definition) is 3. The van der Waals surface area contributed by atoms with Gasteiger partial charge in [0.15, 0.2) is 0 Å². The maximum Gasteiger partial charge on any atom is 0.413 e. The van der Waals surface area contributed by atoms with Crippen LogP contribution in [0, 0.1) is 5.92 Å². The van der Waals surface area contributed by atoms with Crippen LogP contribution in [0.25, 0.3) is 0 Å². The smallest absolute Gasteiger partial charge is 0.413 e. The van der Waals surface area contributed by atoms with Gasteiger partial charge in [0.05, 0.1) is 13.2 Å². The largest absolute Gasteiger partial charge is 0.463 e. The van der Waals surface area contributed by atoms with Crippen LogP contribution in [0.5, 0.6) is 0 Å². The average Bonchev–Trinajstić information content (AvgIpc) is 2.43. The number of halogens is 3. The number of benzene rings is 1. The van der Waals surface area contributed by atoms with Crippen LogP contribution in [0.4, 0.5) is 13.2 Å². The van der Waals surface area contributed by atoms with Gasteiger partial charge in [0.25, 0.3) is 0 Å². The third kappa shape index (κ3) is 5.59. The molecule has 0 saturated heterocycles. The first-order valence-corrected chi connectivity index (χ1v) is 6.48. The van der Waals surface area contributed by atoms with Crippen molar-refractivity contribution < 1.29 is 27.8 Å². The molecule has 0 radical (unpaired) electrons. The predicted octanol–water partition coefficient (Wildman–Crippen LogP) is 2.89. The second-order valence-corrected chi connectivity index (χ2v) is 4.42. The van der Waals surface area contributed by atoms with Gasteiger partial charge in [0.1, 0.15) is 0 Å². The molecule has 0 aliphatic carbocycles. The molecule has 0 saturated carbocycles. The van der Waals surface area contributed by atoms with Gasteiger partial charge in [0.2, 0.25) is 0 Å². The first-order valence-electron chi connectivity index (χ1n) is 6.48. The Hall–Kier alpha value is -1.82. The van der Waals surface area contributed by atoms with Crippen LogP contribution in [0.1, 0.15) is 12.5 Å². The van der Waals surface area contributed by atoms with E-state index in [1.165, 1.54) is 6.92 Å². The van der Waals surface area contributed by atoms with Gasteiger partial charge < -0.3 is 9.84 Å². The van der Waals surface area contributed by atoms with Crippen LogP contribution in [0.2, 0.25) is 0 Å². The van der Waals surface area contributed by atoms with Gasteiger partial charge in [-0.2, -0.15) is 13.2 Å². The monoisotopic (exact) mass is 302 g/mol.